The standard InChI is InChI=1S/C35H40O14/c1-6-17-40-34-30(47-32(39)23-13-9-7-10-14-23)29(27-25(46-34)18-41-33(48-27)24-15-11-8-12-16-24)49-35-31(45-22(5)38)28(44-21(4)37)26(19(2)42-35)43-20(3)36/h6-16,19,25-31,33-35H,1,17-18H2,2-5H3/t19-,25+,26-,27+,28+,29-,30+,31+,33?,34+,35-/m0/s1. The van der Waals surface area contributed by atoms with E-state index in [1.54, 1.807) is 37.3 Å². The highest BCUT2D eigenvalue weighted by molar-refractivity contribution is 5.89. The summed E-state index contributed by atoms with van der Waals surface area (Å²) in [5.74, 6) is -2.87. The van der Waals surface area contributed by atoms with Gasteiger partial charge in [-0.2, -0.15) is 0 Å². The third-order valence-corrected chi connectivity index (χ3v) is 7.91. The molecule has 264 valence electrons. The molecule has 3 aliphatic heterocycles. The largest absolute Gasteiger partial charge is 0.456 e. The van der Waals surface area contributed by atoms with Gasteiger partial charge in [-0.15, -0.1) is 6.58 Å². The number of hydrogen-bond donors (Lipinski definition) is 0. The van der Waals surface area contributed by atoms with Crippen molar-refractivity contribution in [1.82, 2.24) is 0 Å². The third-order valence-electron chi connectivity index (χ3n) is 7.91. The molecule has 3 saturated heterocycles. The van der Waals surface area contributed by atoms with Crippen molar-refractivity contribution in [2.75, 3.05) is 13.2 Å². The Labute approximate surface area is 283 Å². The van der Waals surface area contributed by atoms with Gasteiger partial charge in [-0.1, -0.05) is 54.6 Å². The minimum absolute atomic E-state index is 0.0220. The van der Waals surface area contributed by atoms with Crippen molar-refractivity contribution in [1.29, 1.82) is 0 Å². The van der Waals surface area contributed by atoms with Crippen molar-refractivity contribution in [2.24, 2.45) is 0 Å². The predicted molar refractivity (Wildman–Crippen MR) is 166 cm³/mol. The van der Waals surface area contributed by atoms with Crippen molar-refractivity contribution in [3.63, 3.8) is 0 Å². The summed E-state index contributed by atoms with van der Waals surface area (Å²) in [5, 5.41) is 0. The average Bonchev–Trinajstić information content (AvgIpc) is 3.08. The Bertz CT molecular complexity index is 1450. The van der Waals surface area contributed by atoms with E-state index < -0.39 is 91.6 Å². The zero-order valence-corrected chi connectivity index (χ0v) is 27.5. The van der Waals surface area contributed by atoms with Gasteiger partial charge in [0.05, 0.1) is 24.9 Å². The monoisotopic (exact) mass is 684 g/mol. The van der Waals surface area contributed by atoms with Crippen molar-refractivity contribution in [3.8, 4) is 0 Å². The maximum absolute atomic E-state index is 13.5. The Hall–Kier alpha value is -4.18. The minimum Gasteiger partial charge on any atom is -0.456 e. The third kappa shape index (κ3) is 8.90. The van der Waals surface area contributed by atoms with E-state index >= 15 is 0 Å². The Balaban J connectivity index is 1.55. The average molecular weight is 685 g/mol. The molecule has 3 aliphatic rings. The van der Waals surface area contributed by atoms with Gasteiger partial charge in [-0.25, -0.2) is 4.79 Å². The number of carbonyl (C=O) groups excluding carboxylic acids is 4. The van der Waals surface area contributed by atoms with E-state index in [1.807, 2.05) is 30.3 Å². The van der Waals surface area contributed by atoms with Crippen LogP contribution in [0, 0.1) is 0 Å². The number of esters is 4. The molecule has 1 unspecified atom stereocenters. The molecule has 0 aromatic heterocycles. The summed E-state index contributed by atoms with van der Waals surface area (Å²) in [7, 11) is 0. The second kappa shape index (κ2) is 16.5. The molecule has 0 spiro atoms. The number of fused-ring (bicyclic) bond motifs is 1. The van der Waals surface area contributed by atoms with Gasteiger partial charge in [0.2, 0.25) is 0 Å². The van der Waals surface area contributed by atoms with Gasteiger partial charge in [-0.05, 0) is 19.1 Å². The number of benzene rings is 2. The Morgan fingerprint density at radius 1 is 0.735 bits per heavy atom. The van der Waals surface area contributed by atoms with E-state index in [-0.39, 0.29) is 18.8 Å². The predicted octanol–water partition coefficient (Wildman–Crippen LogP) is 3.18. The van der Waals surface area contributed by atoms with Gasteiger partial charge in [0.25, 0.3) is 0 Å². The topological polar surface area (TPSA) is 161 Å². The maximum Gasteiger partial charge on any atom is 0.338 e. The van der Waals surface area contributed by atoms with Crippen LogP contribution in [0.25, 0.3) is 0 Å². The Kier molecular flexibility index (Phi) is 12.1. The van der Waals surface area contributed by atoms with Crippen molar-refractivity contribution in [2.45, 2.75) is 95.4 Å². The summed E-state index contributed by atoms with van der Waals surface area (Å²) in [4.78, 5) is 50.2. The second-order valence-electron chi connectivity index (χ2n) is 11.6. The van der Waals surface area contributed by atoms with Gasteiger partial charge < -0.3 is 47.4 Å². The molecule has 2 aromatic carbocycles. The van der Waals surface area contributed by atoms with Crippen molar-refractivity contribution >= 4 is 23.9 Å². The molecule has 49 heavy (non-hydrogen) atoms. The molecule has 0 amide bonds. The molecule has 0 saturated carbocycles. The highest BCUT2D eigenvalue weighted by Crippen LogP contribution is 2.39. The van der Waals surface area contributed by atoms with E-state index in [1.165, 1.54) is 13.0 Å². The summed E-state index contributed by atoms with van der Waals surface area (Å²) in [6.07, 6.45) is -11.1. The SMILES string of the molecule is C=CCO[C@@H]1O[C@@H]2COC(c3ccccc3)O[C@H]2[C@H](O[C@@H]2O[C@@H](C)[C@H](OC(C)=O)[C@@H](OC(C)=O)[C@H]2OC(C)=O)[C@H]1OC(=O)c1ccccc1. The lowest BCUT2D eigenvalue weighted by atomic mass is 9.95. The molecule has 2 aromatic rings. The number of rotatable bonds is 11. The number of hydrogen-bond acceptors (Lipinski definition) is 14. The first-order chi connectivity index (χ1) is 23.5. The van der Waals surface area contributed by atoms with E-state index in [4.69, 9.17) is 47.4 Å². The Morgan fingerprint density at radius 3 is 1.96 bits per heavy atom. The fraction of sp³-hybridized carbons (Fsp3) is 0.486. The van der Waals surface area contributed by atoms with Crippen LogP contribution in [-0.4, -0.2) is 98.5 Å². The van der Waals surface area contributed by atoms with Crippen LogP contribution in [0.4, 0.5) is 0 Å². The van der Waals surface area contributed by atoms with Crippen molar-refractivity contribution in [3.05, 3.63) is 84.4 Å². The smallest absolute Gasteiger partial charge is 0.338 e. The van der Waals surface area contributed by atoms with Crippen LogP contribution in [0.1, 0.15) is 49.9 Å². The van der Waals surface area contributed by atoms with Gasteiger partial charge in [-0.3, -0.25) is 14.4 Å². The number of ether oxygens (including phenoxy) is 10. The summed E-state index contributed by atoms with van der Waals surface area (Å²) in [6, 6.07) is 17.5. The molecule has 11 atom stereocenters. The van der Waals surface area contributed by atoms with E-state index in [9.17, 15) is 19.2 Å². The molecular weight excluding hydrogens is 644 g/mol. The molecule has 5 rings (SSSR count). The molecular formula is C35H40O14. The maximum atomic E-state index is 13.5. The molecule has 0 bridgehead atoms. The van der Waals surface area contributed by atoms with E-state index in [0.29, 0.717) is 5.56 Å². The molecule has 3 fully saturated rings. The second-order valence-corrected chi connectivity index (χ2v) is 11.6. The lowest BCUT2D eigenvalue weighted by Gasteiger charge is -2.50. The van der Waals surface area contributed by atoms with Gasteiger partial charge in [0, 0.05) is 26.3 Å². The number of carbonyl (C=O) groups is 4. The highest BCUT2D eigenvalue weighted by atomic mass is 16.8. The van der Waals surface area contributed by atoms with Crippen LogP contribution in [0.3, 0.4) is 0 Å². The lowest BCUT2D eigenvalue weighted by molar-refractivity contribution is -0.389. The normalized spacial score (nSPS) is 32.5. The summed E-state index contributed by atoms with van der Waals surface area (Å²) >= 11 is 0. The van der Waals surface area contributed by atoms with Crippen LogP contribution in [0.2, 0.25) is 0 Å². The zero-order chi connectivity index (χ0) is 35.1. The van der Waals surface area contributed by atoms with Crippen LogP contribution >= 0.6 is 0 Å². The quantitative estimate of drug-likeness (QED) is 0.193. The van der Waals surface area contributed by atoms with Crippen LogP contribution in [0.15, 0.2) is 73.3 Å². The van der Waals surface area contributed by atoms with Gasteiger partial charge in [0.15, 0.2) is 43.3 Å². The van der Waals surface area contributed by atoms with Gasteiger partial charge in [0.1, 0.15) is 18.3 Å². The fourth-order valence-electron chi connectivity index (χ4n) is 5.90. The lowest BCUT2D eigenvalue weighted by Crippen LogP contribution is -2.67. The molecule has 3 heterocycles. The molecule has 0 radical (unpaired) electrons. The minimum atomic E-state index is -1.46. The van der Waals surface area contributed by atoms with Crippen LogP contribution in [0.5, 0.6) is 0 Å². The van der Waals surface area contributed by atoms with Crippen molar-refractivity contribution < 1.29 is 66.5 Å². The van der Waals surface area contributed by atoms with E-state index in [0.717, 1.165) is 13.8 Å². The fourth-order valence-corrected chi connectivity index (χ4v) is 5.90. The summed E-state index contributed by atoms with van der Waals surface area (Å²) < 4.78 is 60.2. The summed E-state index contributed by atoms with van der Waals surface area (Å²) in [6.45, 7) is 8.85. The highest BCUT2D eigenvalue weighted by Gasteiger charge is 2.57. The van der Waals surface area contributed by atoms with Crippen LogP contribution < -0.4 is 0 Å². The first kappa shape index (κ1) is 36.1. The molecule has 14 heteroatoms. The summed E-state index contributed by atoms with van der Waals surface area (Å²) in [5.41, 5.74) is 0.961. The molecule has 14 nitrogen and oxygen atoms in total. The van der Waals surface area contributed by atoms with E-state index in [2.05, 4.69) is 6.58 Å². The first-order valence-electron chi connectivity index (χ1n) is 15.8. The Morgan fingerprint density at radius 2 is 1.33 bits per heavy atom. The van der Waals surface area contributed by atoms with Crippen LogP contribution in [-0.2, 0) is 61.8 Å². The molecule has 0 aliphatic carbocycles. The zero-order valence-electron chi connectivity index (χ0n) is 27.5. The van der Waals surface area contributed by atoms with Gasteiger partial charge >= 0.3 is 23.9 Å². The first-order valence-corrected chi connectivity index (χ1v) is 15.8. The molecule has 0 N–H and O–H groups in total.